The predicted octanol–water partition coefficient (Wildman–Crippen LogP) is 1.63. The number of nitrogens with zero attached hydrogens (tertiary/aromatic N) is 3. The van der Waals surface area contributed by atoms with Gasteiger partial charge in [0, 0.05) is 32.0 Å². The van der Waals surface area contributed by atoms with Crippen LogP contribution in [0.1, 0.15) is 25.7 Å². The van der Waals surface area contributed by atoms with Gasteiger partial charge in [0.15, 0.2) is 0 Å². The van der Waals surface area contributed by atoms with E-state index in [0.717, 1.165) is 25.8 Å². The first-order valence-electron chi connectivity index (χ1n) is 8.89. The molecule has 26 heavy (non-hydrogen) atoms. The van der Waals surface area contributed by atoms with E-state index in [1.807, 2.05) is 10.8 Å². The number of aryl methyl sites for hydroxylation is 1. The molecular weight excluding hydrogens is 352 g/mol. The molecule has 1 aliphatic rings. The molecule has 1 aromatic heterocycles. The third-order valence-corrected chi connectivity index (χ3v) is 6.48. The number of rotatable bonds is 7. The van der Waals surface area contributed by atoms with E-state index in [1.54, 1.807) is 42.9 Å². The molecule has 1 unspecified atom stereocenters. The fourth-order valence-corrected chi connectivity index (χ4v) is 4.87. The summed E-state index contributed by atoms with van der Waals surface area (Å²) < 4.78 is 29.1. The van der Waals surface area contributed by atoms with Crippen LogP contribution >= 0.6 is 0 Å². The Morgan fingerprint density at radius 3 is 2.77 bits per heavy atom. The summed E-state index contributed by atoms with van der Waals surface area (Å²) in [5, 5.41) is 2.89. The van der Waals surface area contributed by atoms with Crippen molar-refractivity contribution in [1.29, 1.82) is 0 Å². The minimum atomic E-state index is -3.66. The van der Waals surface area contributed by atoms with Gasteiger partial charge >= 0.3 is 0 Å². The van der Waals surface area contributed by atoms with Crippen LogP contribution < -0.4 is 5.32 Å². The van der Waals surface area contributed by atoms with Crippen LogP contribution in [-0.2, 0) is 21.4 Å². The molecule has 1 amide bonds. The number of sulfonamides is 1. The molecule has 1 aliphatic heterocycles. The van der Waals surface area contributed by atoms with Crippen LogP contribution in [0.5, 0.6) is 0 Å². The molecule has 2 heterocycles. The van der Waals surface area contributed by atoms with Crippen LogP contribution in [0, 0.1) is 0 Å². The molecule has 1 aromatic carbocycles. The molecule has 7 nitrogen and oxygen atoms in total. The standard InChI is InChI=1S/C18H24N4O3S/c23-18(20-10-6-12-21-14-11-19-15-21)17-9-4-5-13-22(17)26(24,25)16-7-2-1-3-8-16/h1-3,7-8,11,14-15,17H,4-6,9-10,12-13H2,(H,20,23). The molecule has 0 radical (unpaired) electrons. The van der Waals surface area contributed by atoms with Crippen molar-refractivity contribution in [1.82, 2.24) is 19.2 Å². The van der Waals surface area contributed by atoms with Gasteiger partial charge in [-0.2, -0.15) is 4.31 Å². The van der Waals surface area contributed by atoms with E-state index in [2.05, 4.69) is 10.3 Å². The van der Waals surface area contributed by atoms with Crippen molar-refractivity contribution in [3.63, 3.8) is 0 Å². The first-order chi connectivity index (χ1) is 12.6. The number of benzene rings is 1. The van der Waals surface area contributed by atoms with Crippen LogP contribution in [0.3, 0.4) is 0 Å². The number of carbonyl (C=O) groups excluding carboxylic acids is 1. The Bertz CT molecular complexity index is 806. The summed E-state index contributed by atoms with van der Waals surface area (Å²) in [6, 6.07) is 7.68. The van der Waals surface area contributed by atoms with Gasteiger partial charge in [0.2, 0.25) is 15.9 Å². The van der Waals surface area contributed by atoms with Gasteiger partial charge in [-0.1, -0.05) is 24.6 Å². The molecule has 0 saturated carbocycles. The van der Waals surface area contributed by atoms with Gasteiger partial charge < -0.3 is 9.88 Å². The average Bonchev–Trinajstić information content (AvgIpc) is 3.19. The van der Waals surface area contributed by atoms with Gasteiger partial charge in [-0.05, 0) is 31.4 Å². The Morgan fingerprint density at radius 1 is 1.23 bits per heavy atom. The van der Waals surface area contributed by atoms with Gasteiger partial charge in [0.25, 0.3) is 0 Å². The Kier molecular flexibility index (Phi) is 6.05. The van der Waals surface area contributed by atoms with E-state index < -0.39 is 16.1 Å². The molecule has 8 heteroatoms. The van der Waals surface area contributed by atoms with Crippen LogP contribution in [0.2, 0.25) is 0 Å². The summed E-state index contributed by atoms with van der Waals surface area (Å²) in [6.45, 7) is 1.65. The number of hydrogen-bond acceptors (Lipinski definition) is 4. The zero-order chi connectivity index (χ0) is 18.4. The molecule has 1 fully saturated rings. The normalized spacial score (nSPS) is 18.5. The molecular formula is C18H24N4O3S. The molecule has 140 valence electrons. The summed E-state index contributed by atoms with van der Waals surface area (Å²) in [4.78, 5) is 16.8. The van der Waals surface area contributed by atoms with Crippen molar-refractivity contribution in [3.8, 4) is 0 Å². The lowest BCUT2D eigenvalue weighted by molar-refractivity contribution is -0.125. The van der Waals surface area contributed by atoms with Crippen molar-refractivity contribution < 1.29 is 13.2 Å². The number of carbonyl (C=O) groups is 1. The number of amides is 1. The lowest BCUT2D eigenvalue weighted by Gasteiger charge is -2.33. The second kappa shape index (κ2) is 8.46. The maximum absolute atomic E-state index is 12.9. The van der Waals surface area contributed by atoms with E-state index in [1.165, 1.54) is 4.31 Å². The molecule has 0 bridgehead atoms. The number of nitrogens with one attached hydrogen (secondary N) is 1. The van der Waals surface area contributed by atoms with Crippen molar-refractivity contribution in [2.45, 2.75) is 43.2 Å². The maximum atomic E-state index is 12.9. The zero-order valence-corrected chi connectivity index (χ0v) is 15.4. The monoisotopic (exact) mass is 376 g/mol. The molecule has 2 aromatic rings. The highest BCUT2D eigenvalue weighted by atomic mass is 32.2. The zero-order valence-electron chi connectivity index (χ0n) is 14.6. The highest BCUT2D eigenvalue weighted by Crippen LogP contribution is 2.25. The maximum Gasteiger partial charge on any atom is 0.243 e. The van der Waals surface area contributed by atoms with Gasteiger partial charge in [0.05, 0.1) is 11.2 Å². The third-order valence-electron chi connectivity index (χ3n) is 4.56. The van der Waals surface area contributed by atoms with Crippen LogP contribution in [-0.4, -0.2) is 47.3 Å². The number of piperidine rings is 1. The van der Waals surface area contributed by atoms with E-state index in [0.29, 0.717) is 19.5 Å². The molecule has 0 spiro atoms. The third kappa shape index (κ3) is 4.31. The summed E-state index contributed by atoms with van der Waals surface area (Å²) in [7, 11) is -3.66. The predicted molar refractivity (Wildman–Crippen MR) is 97.8 cm³/mol. The summed E-state index contributed by atoms with van der Waals surface area (Å²) in [5.41, 5.74) is 0. The largest absolute Gasteiger partial charge is 0.355 e. The smallest absolute Gasteiger partial charge is 0.243 e. The second-order valence-corrected chi connectivity index (χ2v) is 8.28. The molecule has 0 aliphatic carbocycles. The van der Waals surface area contributed by atoms with Crippen molar-refractivity contribution in [3.05, 3.63) is 49.1 Å². The Balaban J connectivity index is 1.62. The first kappa shape index (κ1) is 18.6. The van der Waals surface area contributed by atoms with Crippen molar-refractivity contribution in [2.75, 3.05) is 13.1 Å². The summed E-state index contributed by atoms with van der Waals surface area (Å²) in [5.74, 6) is -0.213. The first-order valence-corrected chi connectivity index (χ1v) is 10.3. The minimum absolute atomic E-state index is 0.213. The van der Waals surface area contributed by atoms with Crippen LogP contribution in [0.15, 0.2) is 53.9 Å². The van der Waals surface area contributed by atoms with E-state index in [4.69, 9.17) is 0 Å². The van der Waals surface area contributed by atoms with Gasteiger partial charge in [-0.25, -0.2) is 13.4 Å². The van der Waals surface area contributed by atoms with E-state index in [9.17, 15) is 13.2 Å². The Hall–Kier alpha value is -2.19. The second-order valence-electron chi connectivity index (χ2n) is 6.39. The van der Waals surface area contributed by atoms with Crippen molar-refractivity contribution >= 4 is 15.9 Å². The molecule has 1 saturated heterocycles. The quantitative estimate of drug-likeness (QED) is 0.745. The highest BCUT2D eigenvalue weighted by molar-refractivity contribution is 7.89. The topological polar surface area (TPSA) is 84.3 Å². The van der Waals surface area contributed by atoms with Gasteiger partial charge in [-0.3, -0.25) is 4.79 Å². The van der Waals surface area contributed by atoms with Gasteiger partial charge in [0.1, 0.15) is 6.04 Å². The number of hydrogen-bond donors (Lipinski definition) is 1. The van der Waals surface area contributed by atoms with E-state index in [-0.39, 0.29) is 10.8 Å². The Morgan fingerprint density at radius 2 is 2.04 bits per heavy atom. The fraction of sp³-hybridized carbons (Fsp3) is 0.444. The SMILES string of the molecule is O=C(NCCCn1ccnc1)C1CCCCN1S(=O)(=O)c1ccccc1. The van der Waals surface area contributed by atoms with Gasteiger partial charge in [-0.15, -0.1) is 0 Å². The van der Waals surface area contributed by atoms with Crippen LogP contribution in [0.25, 0.3) is 0 Å². The number of aromatic nitrogens is 2. The lowest BCUT2D eigenvalue weighted by Crippen LogP contribution is -2.51. The summed E-state index contributed by atoms with van der Waals surface area (Å²) >= 11 is 0. The van der Waals surface area contributed by atoms with Crippen molar-refractivity contribution in [2.24, 2.45) is 0 Å². The fourth-order valence-electron chi connectivity index (χ4n) is 3.19. The minimum Gasteiger partial charge on any atom is -0.355 e. The highest BCUT2D eigenvalue weighted by Gasteiger charge is 2.37. The average molecular weight is 376 g/mol. The molecule has 1 N–H and O–H groups in total. The van der Waals surface area contributed by atoms with Crippen LogP contribution in [0.4, 0.5) is 0 Å². The lowest BCUT2D eigenvalue weighted by atomic mass is 10.0. The number of imidazole rings is 1. The summed E-state index contributed by atoms with van der Waals surface area (Å²) in [6.07, 6.45) is 8.27. The molecule has 3 rings (SSSR count). The Labute approximate surface area is 154 Å². The van der Waals surface area contributed by atoms with E-state index >= 15 is 0 Å². The molecule has 1 atom stereocenters.